The molecule has 3 heterocycles. The van der Waals surface area contributed by atoms with E-state index < -0.39 is 23.5 Å². The normalized spacial score (nSPS) is 21.5. The van der Waals surface area contributed by atoms with Gasteiger partial charge in [0, 0.05) is 19.3 Å². The maximum atomic E-state index is 14.9. The van der Waals surface area contributed by atoms with Crippen molar-refractivity contribution < 1.29 is 14.3 Å². The van der Waals surface area contributed by atoms with Crippen LogP contribution in [0.15, 0.2) is 29.2 Å². The number of carbonyl (C=O) groups excluding carboxylic acids is 1. The molecule has 1 aliphatic rings. The van der Waals surface area contributed by atoms with Crippen molar-refractivity contribution in [3.63, 3.8) is 0 Å². The van der Waals surface area contributed by atoms with Gasteiger partial charge in [0.25, 0.3) is 11.5 Å². The summed E-state index contributed by atoms with van der Waals surface area (Å²) in [7, 11) is 0. The Morgan fingerprint density at radius 1 is 1.32 bits per heavy atom. The van der Waals surface area contributed by atoms with E-state index in [9.17, 15) is 19.1 Å². The van der Waals surface area contributed by atoms with Gasteiger partial charge in [0.05, 0.1) is 28.1 Å². The van der Waals surface area contributed by atoms with E-state index in [0.717, 1.165) is 0 Å². The molecule has 8 nitrogen and oxygen atoms in total. The monoisotopic (exact) mass is 487 g/mol. The van der Waals surface area contributed by atoms with Crippen LogP contribution < -0.4 is 10.9 Å². The number of nitrogens with one attached hydrogen (secondary N) is 2. The lowest BCUT2D eigenvalue weighted by Crippen LogP contribution is -2.49. The second kappa shape index (κ2) is 9.31. The third-order valence-electron chi connectivity index (χ3n) is 6.34. The number of pyridine rings is 1. The van der Waals surface area contributed by atoms with Gasteiger partial charge in [-0.2, -0.15) is 0 Å². The summed E-state index contributed by atoms with van der Waals surface area (Å²) >= 11 is 6.27. The molecule has 0 spiro atoms. The molecule has 3 aromatic rings. The first-order valence-electron chi connectivity index (χ1n) is 11.1. The Balaban J connectivity index is 1.53. The van der Waals surface area contributed by atoms with E-state index in [2.05, 4.69) is 20.3 Å². The number of halogens is 2. The topological polar surface area (TPSA) is 111 Å². The Hall–Kier alpha value is -3.04. The maximum absolute atomic E-state index is 14.9. The molecule has 3 N–H and O–H groups in total. The molecular formula is C24H27ClFN5O3. The molecule has 1 aromatic carbocycles. The maximum Gasteiger partial charge on any atom is 0.258 e. The average Bonchev–Trinajstić information content (AvgIpc) is 2.79. The Morgan fingerprint density at radius 3 is 2.62 bits per heavy atom. The minimum Gasteiger partial charge on any atom is -0.392 e. The summed E-state index contributed by atoms with van der Waals surface area (Å²) in [6, 6.07) is 4.38. The van der Waals surface area contributed by atoms with Crippen LogP contribution in [0, 0.1) is 24.6 Å². The summed E-state index contributed by atoms with van der Waals surface area (Å²) in [5.41, 5.74) is 0.315. The number of anilines is 1. The highest BCUT2D eigenvalue weighted by Crippen LogP contribution is 2.32. The molecule has 0 bridgehead atoms. The SMILES string of the molecule is Cc1nc2c(F)c(Cl)c(C(C)Nc3ccc(C(=O)N4C[C@@H](C)C(O)[C@@H](C)C4)cn3)cc2c(=O)[nH]1. The molecule has 4 rings (SSSR count). The molecule has 1 aliphatic heterocycles. The Morgan fingerprint density at radius 2 is 2.00 bits per heavy atom. The lowest BCUT2D eigenvalue weighted by atomic mass is 9.88. The average molecular weight is 488 g/mol. The summed E-state index contributed by atoms with van der Waals surface area (Å²) in [5, 5.41) is 13.3. The van der Waals surface area contributed by atoms with Crippen LogP contribution in [0.4, 0.5) is 10.2 Å². The third kappa shape index (κ3) is 4.50. The van der Waals surface area contributed by atoms with Crippen molar-refractivity contribution in [2.24, 2.45) is 11.8 Å². The number of amides is 1. The summed E-state index contributed by atoms with van der Waals surface area (Å²) in [6.45, 7) is 8.17. The van der Waals surface area contributed by atoms with Gasteiger partial charge in [-0.15, -0.1) is 0 Å². The van der Waals surface area contributed by atoms with E-state index in [-0.39, 0.29) is 33.7 Å². The van der Waals surface area contributed by atoms with Crippen LogP contribution in [-0.4, -0.2) is 50.1 Å². The standard InChI is InChI=1S/C24H27ClFN5O3/c1-11-9-31(10-12(2)22(11)32)24(34)15-5-6-18(27-8-15)28-13(3)16-7-17-21(20(26)19(16)25)29-14(4)30-23(17)33/h5-8,11-13,22,32H,9-10H2,1-4H3,(H,27,28)(H,29,30,33)/t11-,12+,13?,22?. The van der Waals surface area contributed by atoms with Crippen molar-refractivity contribution in [3.8, 4) is 0 Å². The van der Waals surface area contributed by atoms with Crippen molar-refractivity contribution in [1.29, 1.82) is 0 Å². The minimum atomic E-state index is -0.749. The first-order valence-corrected chi connectivity index (χ1v) is 11.5. The zero-order valence-corrected chi connectivity index (χ0v) is 20.2. The van der Waals surface area contributed by atoms with E-state index >= 15 is 0 Å². The highest BCUT2D eigenvalue weighted by atomic mass is 35.5. The predicted molar refractivity (Wildman–Crippen MR) is 129 cm³/mol. The number of aromatic nitrogens is 3. The molecule has 10 heteroatoms. The number of H-pyrrole nitrogens is 1. The molecule has 1 saturated heterocycles. The molecule has 180 valence electrons. The molecular weight excluding hydrogens is 461 g/mol. The summed E-state index contributed by atoms with van der Waals surface area (Å²) in [5.74, 6) is -0.121. The van der Waals surface area contributed by atoms with Crippen molar-refractivity contribution >= 4 is 34.2 Å². The minimum absolute atomic E-state index is 0.000831. The van der Waals surface area contributed by atoms with Gasteiger partial charge >= 0.3 is 0 Å². The number of piperidine rings is 1. The summed E-state index contributed by atoms with van der Waals surface area (Å²) in [4.78, 5) is 37.9. The van der Waals surface area contributed by atoms with Crippen LogP contribution >= 0.6 is 11.6 Å². The fraction of sp³-hybridized carbons (Fsp3) is 0.417. The van der Waals surface area contributed by atoms with Gasteiger partial charge in [0.15, 0.2) is 5.82 Å². The number of nitrogens with zero attached hydrogens (tertiary/aromatic N) is 3. The number of benzene rings is 1. The number of hydrogen-bond acceptors (Lipinski definition) is 6. The molecule has 0 saturated carbocycles. The van der Waals surface area contributed by atoms with Crippen LogP contribution in [0.1, 0.15) is 48.6 Å². The van der Waals surface area contributed by atoms with Gasteiger partial charge in [-0.1, -0.05) is 25.4 Å². The summed E-state index contributed by atoms with van der Waals surface area (Å²) < 4.78 is 14.9. The third-order valence-corrected chi connectivity index (χ3v) is 6.72. The number of fused-ring (bicyclic) bond motifs is 1. The lowest BCUT2D eigenvalue weighted by Gasteiger charge is -2.38. The van der Waals surface area contributed by atoms with Gasteiger partial charge < -0.3 is 20.3 Å². The van der Waals surface area contributed by atoms with Crippen LogP contribution in [0.5, 0.6) is 0 Å². The van der Waals surface area contributed by atoms with Crippen LogP contribution in [-0.2, 0) is 0 Å². The van der Waals surface area contributed by atoms with Gasteiger partial charge in [-0.25, -0.2) is 14.4 Å². The molecule has 0 radical (unpaired) electrons. The fourth-order valence-electron chi connectivity index (χ4n) is 4.46. The molecule has 34 heavy (non-hydrogen) atoms. The number of aromatic amines is 1. The second-order valence-electron chi connectivity index (χ2n) is 9.09. The number of carbonyl (C=O) groups is 1. The highest BCUT2D eigenvalue weighted by molar-refractivity contribution is 6.32. The van der Waals surface area contributed by atoms with Crippen LogP contribution in [0.2, 0.25) is 5.02 Å². The van der Waals surface area contributed by atoms with Crippen molar-refractivity contribution in [2.75, 3.05) is 18.4 Å². The lowest BCUT2D eigenvalue weighted by molar-refractivity contribution is -0.00352. The highest BCUT2D eigenvalue weighted by Gasteiger charge is 2.33. The van der Waals surface area contributed by atoms with E-state index in [4.69, 9.17) is 11.6 Å². The number of aliphatic hydroxyl groups is 1. The molecule has 2 aromatic heterocycles. The van der Waals surface area contributed by atoms with Gasteiger partial charge in [0.1, 0.15) is 17.2 Å². The number of likely N-dealkylation sites (tertiary alicyclic amines) is 1. The largest absolute Gasteiger partial charge is 0.392 e. The van der Waals surface area contributed by atoms with Crippen molar-refractivity contribution in [2.45, 2.75) is 39.8 Å². The van der Waals surface area contributed by atoms with Crippen LogP contribution in [0.25, 0.3) is 10.9 Å². The molecule has 1 fully saturated rings. The van der Waals surface area contributed by atoms with Crippen molar-refractivity contribution in [3.05, 3.63) is 62.5 Å². The number of rotatable bonds is 4. The van der Waals surface area contributed by atoms with E-state index in [0.29, 0.717) is 35.9 Å². The first kappa shape index (κ1) is 24.1. The van der Waals surface area contributed by atoms with E-state index in [1.165, 1.54) is 12.3 Å². The number of hydrogen-bond donors (Lipinski definition) is 3. The van der Waals surface area contributed by atoms with Gasteiger partial charge in [0.2, 0.25) is 0 Å². The van der Waals surface area contributed by atoms with E-state index in [1.54, 1.807) is 30.9 Å². The molecule has 1 amide bonds. The molecule has 0 aliphatic carbocycles. The van der Waals surface area contributed by atoms with Gasteiger partial charge in [-0.05, 0) is 49.4 Å². The molecule has 4 atom stereocenters. The zero-order valence-electron chi connectivity index (χ0n) is 19.4. The number of aryl methyl sites for hydroxylation is 1. The van der Waals surface area contributed by atoms with Crippen molar-refractivity contribution in [1.82, 2.24) is 19.9 Å². The fourth-order valence-corrected chi connectivity index (χ4v) is 4.77. The zero-order chi connectivity index (χ0) is 24.7. The Labute approximate surface area is 201 Å². The Kier molecular flexibility index (Phi) is 6.60. The smallest absolute Gasteiger partial charge is 0.258 e. The number of aliphatic hydroxyl groups excluding tert-OH is 1. The Bertz CT molecular complexity index is 1280. The second-order valence-corrected chi connectivity index (χ2v) is 9.47. The predicted octanol–water partition coefficient (Wildman–Crippen LogP) is 3.68. The quantitative estimate of drug-likeness (QED) is 0.517. The van der Waals surface area contributed by atoms with E-state index in [1.807, 2.05) is 13.8 Å². The van der Waals surface area contributed by atoms with Crippen LogP contribution in [0.3, 0.4) is 0 Å². The van der Waals surface area contributed by atoms with Gasteiger partial charge in [-0.3, -0.25) is 9.59 Å². The summed E-state index contributed by atoms with van der Waals surface area (Å²) in [6.07, 6.45) is 1.06. The first-order chi connectivity index (χ1) is 16.1. The molecule has 2 unspecified atom stereocenters.